The molecule has 3 N–H and O–H groups in total. The van der Waals surface area contributed by atoms with Crippen LogP contribution in [0, 0.1) is 0 Å². The molecule has 1 atom stereocenters. The van der Waals surface area contributed by atoms with Gasteiger partial charge in [-0.15, -0.1) is 0 Å². The van der Waals surface area contributed by atoms with Crippen LogP contribution < -0.4 is 11.3 Å². The number of hydrogen-bond donors (Lipinski definition) is 2. The minimum atomic E-state index is 0.00190. The average molecular weight is 212 g/mol. The number of anilines is 1. The lowest BCUT2D eigenvalue weighted by Gasteiger charge is -2.20. The van der Waals surface area contributed by atoms with E-state index in [4.69, 9.17) is 10.6 Å². The second-order valence-electron chi connectivity index (χ2n) is 2.88. The van der Waals surface area contributed by atoms with Gasteiger partial charge in [0.1, 0.15) is 11.9 Å². The van der Waals surface area contributed by atoms with Crippen molar-refractivity contribution in [1.82, 2.24) is 9.97 Å². The van der Waals surface area contributed by atoms with Crippen molar-refractivity contribution >= 4 is 17.6 Å². The molecule has 0 amide bonds. The molecular formula is C8H12N4OS. The molecule has 76 valence electrons. The fraction of sp³-hybridized carbons (Fsp3) is 0.500. The maximum absolute atomic E-state index is 5.55. The summed E-state index contributed by atoms with van der Waals surface area (Å²) in [5, 5.41) is 0. The third kappa shape index (κ3) is 2.14. The quantitative estimate of drug-likeness (QED) is 0.551. The topological polar surface area (TPSA) is 73.1 Å². The van der Waals surface area contributed by atoms with E-state index in [-0.39, 0.29) is 6.10 Å². The number of rotatable bonds is 2. The first kappa shape index (κ1) is 9.70. The summed E-state index contributed by atoms with van der Waals surface area (Å²) in [6.45, 7) is 0.763. The third-order valence-corrected chi connectivity index (χ3v) is 2.92. The first-order valence-electron chi connectivity index (χ1n) is 4.39. The monoisotopic (exact) mass is 212 g/mol. The third-order valence-electron chi connectivity index (χ3n) is 1.93. The van der Waals surface area contributed by atoms with Crippen LogP contribution in [0.2, 0.25) is 0 Å². The largest absolute Gasteiger partial charge is 0.368 e. The summed E-state index contributed by atoms with van der Waals surface area (Å²) >= 11 is 1.85. The van der Waals surface area contributed by atoms with Crippen LogP contribution in [0.4, 0.5) is 5.82 Å². The molecule has 0 spiro atoms. The molecule has 0 aromatic carbocycles. The van der Waals surface area contributed by atoms with Crippen molar-refractivity contribution in [2.75, 3.05) is 23.5 Å². The normalized spacial score (nSPS) is 21.9. The summed E-state index contributed by atoms with van der Waals surface area (Å²) in [7, 11) is 0. The lowest BCUT2D eigenvalue weighted by Crippen LogP contribution is -2.19. The van der Waals surface area contributed by atoms with Gasteiger partial charge < -0.3 is 10.2 Å². The molecule has 6 heteroatoms. The number of nitrogens with zero attached hydrogens (tertiary/aromatic N) is 2. The highest BCUT2D eigenvalue weighted by atomic mass is 32.2. The maximum atomic E-state index is 5.55. The number of ether oxygens (including phenoxy) is 1. The molecule has 1 aliphatic rings. The molecule has 1 aromatic rings. The molecule has 2 rings (SSSR count). The maximum Gasteiger partial charge on any atom is 0.160 e. The van der Waals surface area contributed by atoms with Gasteiger partial charge >= 0.3 is 0 Å². The Hall–Kier alpha value is -0.850. The highest BCUT2D eigenvalue weighted by Crippen LogP contribution is 2.24. The van der Waals surface area contributed by atoms with Gasteiger partial charge in [-0.3, -0.25) is 0 Å². The van der Waals surface area contributed by atoms with Crippen LogP contribution in [-0.2, 0) is 4.74 Å². The Balaban J connectivity index is 2.13. The Morgan fingerprint density at radius 1 is 1.64 bits per heavy atom. The summed E-state index contributed by atoms with van der Waals surface area (Å²) in [6.07, 6.45) is 1.68. The molecule has 1 aromatic heterocycles. The molecule has 0 saturated carbocycles. The van der Waals surface area contributed by atoms with Gasteiger partial charge in [0, 0.05) is 23.8 Å². The molecule has 0 aliphatic carbocycles. The molecule has 1 unspecified atom stereocenters. The van der Waals surface area contributed by atoms with Crippen molar-refractivity contribution < 1.29 is 4.74 Å². The zero-order valence-corrected chi connectivity index (χ0v) is 8.46. The Kier molecular flexibility index (Phi) is 3.18. The van der Waals surface area contributed by atoms with E-state index in [1.165, 1.54) is 0 Å². The zero-order valence-electron chi connectivity index (χ0n) is 7.64. The lowest BCUT2D eigenvalue weighted by molar-refractivity contribution is 0.0695. The van der Waals surface area contributed by atoms with Gasteiger partial charge in [0.2, 0.25) is 0 Å². The van der Waals surface area contributed by atoms with Crippen molar-refractivity contribution in [1.29, 1.82) is 0 Å². The molecule has 1 saturated heterocycles. The first-order chi connectivity index (χ1) is 6.90. The van der Waals surface area contributed by atoms with Gasteiger partial charge in [0.25, 0.3) is 0 Å². The summed E-state index contributed by atoms with van der Waals surface area (Å²) < 4.78 is 5.55. The van der Waals surface area contributed by atoms with E-state index in [0.717, 1.165) is 18.1 Å². The standard InChI is InChI=1S/C8H12N4OS/c9-12-7-1-2-10-8(11-7)6-5-14-4-3-13-6/h1-2,6H,3-5,9H2,(H,10,11,12). The van der Waals surface area contributed by atoms with E-state index < -0.39 is 0 Å². The van der Waals surface area contributed by atoms with E-state index in [2.05, 4.69) is 15.4 Å². The molecule has 1 fully saturated rings. The van der Waals surface area contributed by atoms with E-state index in [1.54, 1.807) is 12.3 Å². The van der Waals surface area contributed by atoms with Crippen LogP contribution >= 0.6 is 11.8 Å². The molecule has 0 radical (unpaired) electrons. The molecule has 5 nitrogen and oxygen atoms in total. The smallest absolute Gasteiger partial charge is 0.160 e. The minimum absolute atomic E-state index is 0.00190. The number of hydrazine groups is 1. The summed E-state index contributed by atoms with van der Waals surface area (Å²) in [5.41, 5.74) is 2.49. The van der Waals surface area contributed by atoms with Crippen LogP contribution in [0.3, 0.4) is 0 Å². The Bertz CT molecular complexity index is 303. The van der Waals surface area contributed by atoms with Crippen molar-refractivity contribution in [3.05, 3.63) is 18.1 Å². The zero-order chi connectivity index (χ0) is 9.80. The van der Waals surface area contributed by atoms with Gasteiger partial charge in [0.15, 0.2) is 5.82 Å². The van der Waals surface area contributed by atoms with Crippen molar-refractivity contribution in [3.63, 3.8) is 0 Å². The second kappa shape index (κ2) is 4.59. The lowest BCUT2D eigenvalue weighted by atomic mass is 10.3. The van der Waals surface area contributed by atoms with Crippen molar-refractivity contribution in [2.45, 2.75) is 6.10 Å². The number of hydrogen-bond acceptors (Lipinski definition) is 6. The fourth-order valence-electron chi connectivity index (χ4n) is 1.25. The molecule has 0 bridgehead atoms. The number of nitrogen functional groups attached to an aromatic ring is 1. The number of thioether (sulfide) groups is 1. The van der Waals surface area contributed by atoms with E-state index >= 15 is 0 Å². The fourth-order valence-corrected chi connectivity index (χ4v) is 2.09. The van der Waals surface area contributed by atoms with Crippen LogP contribution in [0.5, 0.6) is 0 Å². The van der Waals surface area contributed by atoms with E-state index in [1.807, 2.05) is 11.8 Å². The van der Waals surface area contributed by atoms with Gasteiger partial charge in [0.05, 0.1) is 6.61 Å². The predicted molar refractivity (Wildman–Crippen MR) is 55.9 cm³/mol. The molecule has 2 heterocycles. The van der Waals surface area contributed by atoms with E-state index in [0.29, 0.717) is 11.6 Å². The molecular weight excluding hydrogens is 200 g/mol. The van der Waals surface area contributed by atoms with Crippen molar-refractivity contribution in [3.8, 4) is 0 Å². The summed E-state index contributed by atoms with van der Waals surface area (Å²) in [4.78, 5) is 8.40. The van der Waals surface area contributed by atoms with Crippen LogP contribution in [0.1, 0.15) is 11.9 Å². The first-order valence-corrected chi connectivity index (χ1v) is 5.54. The number of nitrogens with one attached hydrogen (secondary N) is 1. The number of aromatic nitrogens is 2. The Labute approximate surface area is 86.4 Å². The summed E-state index contributed by atoms with van der Waals surface area (Å²) in [5.74, 6) is 8.54. The van der Waals surface area contributed by atoms with Crippen LogP contribution in [0.25, 0.3) is 0 Å². The highest BCUT2D eigenvalue weighted by Gasteiger charge is 2.19. The van der Waals surface area contributed by atoms with Gasteiger partial charge in [-0.2, -0.15) is 11.8 Å². The minimum Gasteiger partial charge on any atom is -0.368 e. The molecule has 14 heavy (non-hydrogen) atoms. The highest BCUT2D eigenvalue weighted by molar-refractivity contribution is 7.99. The van der Waals surface area contributed by atoms with Gasteiger partial charge in [-0.1, -0.05) is 0 Å². The van der Waals surface area contributed by atoms with Crippen LogP contribution in [0.15, 0.2) is 12.3 Å². The molecule has 1 aliphatic heterocycles. The Morgan fingerprint density at radius 3 is 3.29 bits per heavy atom. The SMILES string of the molecule is NNc1ccnc(C2CSCCO2)n1. The van der Waals surface area contributed by atoms with Gasteiger partial charge in [-0.25, -0.2) is 15.8 Å². The van der Waals surface area contributed by atoms with Gasteiger partial charge in [-0.05, 0) is 0 Å². The Morgan fingerprint density at radius 2 is 2.57 bits per heavy atom. The summed E-state index contributed by atoms with van der Waals surface area (Å²) in [6, 6.07) is 1.72. The van der Waals surface area contributed by atoms with Crippen LogP contribution in [-0.4, -0.2) is 28.1 Å². The van der Waals surface area contributed by atoms with Crippen molar-refractivity contribution in [2.24, 2.45) is 5.84 Å². The number of nitrogens with two attached hydrogens (primary N) is 1. The second-order valence-corrected chi connectivity index (χ2v) is 4.03. The predicted octanol–water partition coefficient (Wildman–Crippen LogP) is 0.567. The average Bonchev–Trinajstić information content (AvgIpc) is 2.30. The van der Waals surface area contributed by atoms with E-state index in [9.17, 15) is 0 Å².